The number of para-hydroxylation sites is 1. The van der Waals surface area contributed by atoms with Gasteiger partial charge in [-0.05, 0) is 17.7 Å². The van der Waals surface area contributed by atoms with Crippen molar-refractivity contribution < 1.29 is 19.1 Å². The van der Waals surface area contributed by atoms with Crippen LogP contribution in [0.2, 0.25) is 0 Å². The van der Waals surface area contributed by atoms with Crippen LogP contribution in [0.5, 0.6) is 0 Å². The zero-order valence-corrected chi connectivity index (χ0v) is 9.95. The van der Waals surface area contributed by atoms with Crippen LogP contribution < -0.4 is 4.90 Å². The molecule has 1 amide bonds. The van der Waals surface area contributed by atoms with Gasteiger partial charge in [-0.2, -0.15) is 0 Å². The van der Waals surface area contributed by atoms with Gasteiger partial charge >= 0.3 is 5.97 Å². The Kier molecular flexibility index (Phi) is 2.59. The summed E-state index contributed by atoms with van der Waals surface area (Å²) in [5.41, 5.74) is 1.74. The molecule has 2 heterocycles. The number of benzene rings is 1. The Hall–Kier alpha value is -2.56. The number of carboxylic acid groups (broad SMARTS) is 1. The third-order valence-electron chi connectivity index (χ3n) is 3.28. The van der Waals surface area contributed by atoms with Gasteiger partial charge in [0.25, 0.3) is 5.91 Å². The monoisotopic (exact) mass is 257 g/mol. The quantitative estimate of drug-likeness (QED) is 0.894. The van der Waals surface area contributed by atoms with Gasteiger partial charge in [0.15, 0.2) is 0 Å². The Morgan fingerprint density at radius 3 is 2.74 bits per heavy atom. The molecule has 1 atom stereocenters. The molecule has 0 fully saturated rings. The first-order valence-electron chi connectivity index (χ1n) is 5.84. The van der Waals surface area contributed by atoms with Crippen LogP contribution in [0, 0.1) is 0 Å². The van der Waals surface area contributed by atoms with Gasteiger partial charge in [0, 0.05) is 12.2 Å². The molecule has 0 saturated carbocycles. The third-order valence-corrected chi connectivity index (χ3v) is 3.28. The molecule has 5 nitrogen and oxygen atoms in total. The molecule has 1 aromatic carbocycles. The standard InChI is InChI=1S/C14H11NO4/c16-13(9-5-6-19-8-9)15-7-11(14(17)18)10-3-1-2-4-12(10)15/h1-6,8,11H,7H2,(H,17,18)/t11-/m1/s1. The number of carbonyl (C=O) groups is 2. The summed E-state index contributed by atoms with van der Waals surface area (Å²) in [5.74, 6) is -1.84. The lowest BCUT2D eigenvalue weighted by molar-refractivity contribution is -0.138. The summed E-state index contributed by atoms with van der Waals surface area (Å²) in [6.07, 6.45) is 2.78. The molecule has 5 heteroatoms. The number of aliphatic carboxylic acids is 1. The highest BCUT2D eigenvalue weighted by Crippen LogP contribution is 2.37. The van der Waals surface area contributed by atoms with Crippen molar-refractivity contribution in [3.8, 4) is 0 Å². The van der Waals surface area contributed by atoms with Crippen molar-refractivity contribution in [2.24, 2.45) is 0 Å². The summed E-state index contributed by atoms with van der Waals surface area (Å²) < 4.78 is 4.89. The van der Waals surface area contributed by atoms with Crippen molar-refractivity contribution in [2.45, 2.75) is 5.92 Å². The third kappa shape index (κ3) is 1.79. The fraction of sp³-hybridized carbons (Fsp3) is 0.143. The maximum atomic E-state index is 12.3. The lowest BCUT2D eigenvalue weighted by Gasteiger charge is -2.16. The number of carbonyl (C=O) groups excluding carboxylic acids is 1. The molecule has 1 aliphatic rings. The zero-order valence-electron chi connectivity index (χ0n) is 9.95. The van der Waals surface area contributed by atoms with Gasteiger partial charge in [-0.15, -0.1) is 0 Å². The SMILES string of the molecule is O=C(O)[C@@H]1CN(C(=O)c2ccoc2)c2ccccc21. The Morgan fingerprint density at radius 2 is 2.05 bits per heavy atom. The molecular formula is C14H11NO4. The second-order valence-electron chi connectivity index (χ2n) is 4.38. The van der Waals surface area contributed by atoms with Crippen LogP contribution in [-0.2, 0) is 4.79 Å². The fourth-order valence-corrected chi connectivity index (χ4v) is 2.35. The Morgan fingerprint density at radius 1 is 1.26 bits per heavy atom. The van der Waals surface area contributed by atoms with E-state index in [0.717, 1.165) is 0 Å². The predicted molar refractivity (Wildman–Crippen MR) is 67.2 cm³/mol. The number of anilines is 1. The van der Waals surface area contributed by atoms with Crippen molar-refractivity contribution in [2.75, 3.05) is 11.4 Å². The summed E-state index contributed by atoms with van der Waals surface area (Å²) in [6, 6.07) is 8.64. The summed E-state index contributed by atoms with van der Waals surface area (Å²) in [4.78, 5) is 25.1. The molecule has 3 rings (SSSR count). The van der Waals surface area contributed by atoms with Gasteiger partial charge in [0.2, 0.25) is 0 Å². The maximum absolute atomic E-state index is 12.3. The molecule has 1 N–H and O–H groups in total. The summed E-state index contributed by atoms with van der Waals surface area (Å²) in [6.45, 7) is 0.151. The van der Waals surface area contributed by atoms with Crippen molar-refractivity contribution in [1.29, 1.82) is 0 Å². The molecule has 19 heavy (non-hydrogen) atoms. The number of hydrogen-bond donors (Lipinski definition) is 1. The normalized spacial score (nSPS) is 17.3. The largest absolute Gasteiger partial charge is 0.481 e. The average molecular weight is 257 g/mol. The first-order chi connectivity index (χ1) is 9.18. The van der Waals surface area contributed by atoms with E-state index in [4.69, 9.17) is 4.42 Å². The van der Waals surface area contributed by atoms with Crippen molar-refractivity contribution in [1.82, 2.24) is 0 Å². The van der Waals surface area contributed by atoms with E-state index in [1.165, 1.54) is 17.4 Å². The lowest BCUT2D eigenvalue weighted by Crippen LogP contribution is -2.30. The van der Waals surface area contributed by atoms with Crippen LogP contribution >= 0.6 is 0 Å². The number of amides is 1. The van der Waals surface area contributed by atoms with Crippen LogP contribution in [0.4, 0.5) is 5.69 Å². The van der Waals surface area contributed by atoms with E-state index in [2.05, 4.69) is 0 Å². The van der Waals surface area contributed by atoms with Gasteiger partial charge in [-0.3, -0.25) is 9.59 Å². The molecular weight excluding hydrogens is 246 g/mol. The van der Waals surface area contributed by atoms with Gasteiger partial charge in [-0.25, -0.2) is 0 Å². The Labute approximate surface area is 109 Å². The molecule has 0 unspecified atom stereocenters. The summed E-state index contributed by atoms with van der Waals surface area (Å²) in [7, 11) is 0. The van der Waals surface area contributed by atoms with Gasteiger partial charge in [-0.1, -0.05) is 18.2 Å². The lowest BCUT2D eigenvalue weighted by atomic mass is 10.0. The number of nitrogens with zero attached hydrogens (tertiary/aromatic N) is 1. The molecule has 0 spiro atoms. The van der Waals surface area contributed by atoms with Crippen LogP contribution in [0.1, 0.15) is 21.8 Å². The van der Waals surface area contributed by atoms with Gasteiger partial charge in [0.1, 0.15) is 12.2 Å². The highest BCUT2D eigenvalue weighted by atomic mass is 16.4. The van der Waals surface area contributed by atoms with E-state index in [0.29, 0.717) is 16.8 Å². The molecule has 0 radical (unpaired) electrons. The minimum Gasteiger partial charge on any atom is -0.481 e. The van der Waals surface area contributed by atoms with Crippen LogP contribution in [0.3, 0.4) is 0 Å². The van der Waals surface area contributed by atoms with E-state index >= 15 is 0 Å². The second-order valence-corrected chi connectivity index (χ2v) is 4.38. The number of fused-ring (bicyclic) bond motifs is 1. The number of carboxylic acids is 1. The highest BCUT2D eigenvalue weighted by Gasteiger charge is 2.36. The van der Waals surface area contributed by atoms with E-state index in [9.17, 15) is 14.7 Å². The Bertz CT molecular complexity index is 633. The van der Waals surface area contributed by atoms with E-state index in [1.807, 2.05) is 0 Å². The van der Waals surface area contributed by atoms with Gasteiger partial charge < -0.3 is 14.4 Å². The topological polar surface area (TPSA) is 70.8 Å². The van der Waals surface area contributed by atoms with Crippen molar-refractivity contribution in [3.63, 3.8) is 0 Å². The number of rotatable bonds is 2. The highest BCUT2D eigenvalue weighted by molar-refractivity contribution is 6.08. The zero-order chi connectivity index (χ0) is 13.4. The minimum atomic E-state index is -0.921. The van der Waals surface area contributed by atoms with Crippen LogP contribution in [0.15, 0.2) is 47.3 Å². The minimum absolute atomic E-state index is 0.151. The number of hydrogen-bond acceptors (Lipinski definition) is 3. The first kappa shape index (κ1) is 11.5. The van der Waals surface area contributed by atoms with E-state index in [1.54, 1.807) is 30.3 Å². The second kappa shape index (κ2) is 4.28. The van der Waals surface area contributed by atoms with E-state index < -0.39 is 11.9 Å². The number of furan rings is 1. The van der Waals surface area contributed by atoms with Gasteiger partial charge in [0.05, 0.1) is 11.8 Å². The smallest absolute Gasteiger partial charge is 0.312 e. The van der Waals surface area contributed by atoms with E-state index in [-0.39, 0.29) is 12.5 Å². The average Bonchev–Trinajstić information content (AvgIpc) is 3.05. The molecule has 0 saturated heterocycles. The molecule has 0 aliphatic carbocycles. The molecule has 1 aliphatic heterocycles. The maximum Gasteiger partial charge on any atom is 0.312 e. The van der Waals surface area contributed by atoms with Crippen LogP contribution in [-0.4, -0.2) is 23.5 Å². The van der Waals surface area contributed by atoms with Crippen molar-refractivity contribution >= 4 is 17.6 Å². The molecule has 96 valence electrons. The molecule has 1 aromatic heterocycles. The molecule has 0 bridgehead atoms. The molecule has 2 aromatic rings. The first-order valence-corrected chi connectivity index (χ1v) is 5.84. The Balaban J connectivity index is 2.01. The van der Waals surface area contributed by atoms with Crippen LogP contribution in [0.25, 0.3) is 0 Å². The van der Waals surface area contributed by atoms with Crippen molar-refractivity contribution in [3.05, 3.63) is 54.0 Å². The summed E-state index contributed by atoms with van der Waals surface area (Å²) in [5, 5.41) is 9.23. The summed E-state index contributed by atoms with van der Waals surface area (Å²) >= 11 is 0. The predicted octanol–water partition coefficient (Wildman–Crippen LogP) is 2.11. The fourth-order valence-electron chi connectivity index (χ4n) is 2.35.